The van der Waals surface area contributed by atoms with Gasteiger partial charge in [0.25, 0.3) is 0 Å². The summed E-state index contributed by atoms with van der Waals surface area (Å²) in [5.74, 6) is 1.11. The largest absolute Gasteiger partial charge is 0.380 e. The number of imidazole rings is 1. The average Bonchev–Trinajstić information content (AvgIpc) is 2.85. The molecule has 0 aliphatic heterocycles. The summed E-state index contributed by atoms with van der Waals surface area (Å²) in [6, 6.07) is 7.78. The molecule has 1 aromatic heterocycles. The van der Waals surface area contributed by atoms with E-state index < -0.39 is 0 Å². The Hall–Kier alpha value is -1.57. The lowest BCUT2D eigenvalue weighted by Crippen LogP contribution is -2.09. The van der Waals surface area contributed by atoms with Gasteiger partial charge in [0.1, 0.15) is 17.4 Å². The van der Waals surface area contributed by atoms with Gasteiger partial charge >= 0.3 is 0 Å². The standard InChI is InChI=1S/C15H18ClN3O/c1-2-3-8-20-9-7-19-13-6-4-5-12(11-17)15(13)18-14(19)10-16/h4-6H,2-3,7-10H2,1H3. The van der Waals surface area contributed by atoms with Crippen LogP contribution in [-0.2, 0) is 17.2 Å². The monoisotopic (exact) mass is 291 g/mol. The number of fused-ring (bicyclic) bond motifs is 1. The Morgan fingerprint density at radius 2 is 2.25 bits per heavy atom. The third-order valence-corrected chi connectivity index (χ3v) is 3.44. The minimum absolute atomic E-state index is 0.328. The van der Waals surface area contributed by atoms with E-state index in [0.29, 0.717) is 24.6 Å². The molecule has 0 saturated heterocycles. The average molecular weight is 292 g/mol. The Kier molecular flexibility index (Phi) is 5.40. The van der Waals surface area contributed by atoms with Crippen LogP contribution in [0.15, 0.2) is 18.2 Å². The minimum Gasteiger partial charge on any atom is -0.380 e. The maximum absolute atomic E-state index is 9.12. The zero-order chi connectivity index (χ0) is 14.4. The summed E-state index contributed by atoms with van der Waals surface area (Å²) in [5.41, 5.74) is 2.25. The van der Waals surface area contributed by atoms with Crippen molar-refractivity contribution < 1.29 is 4.74 Å². The van der Waals surface area contributed by atoms with Crippen LogP contribution in [0.3, 0.4) is 0 Å². The molecule has 0 aliphatic carbocycles. The number of benzene rings is 1. The first-order valence-corrected chi connectivity index (χ1v) is 7.37. The van der Waals surface area contributed by atoms with Crippen molar-refractivity contribution >= 4 is 22.6 Å². The van der Waals surface area contributed by atoms with Gasteiger partial charge in [-0.25, -0.2) is 4.98 Å². The normalized spacial score (nSPS) is 10.8. The molecule has 106 valence electrons. The number of nitriles is 1. The zero-order valence-corrected chi connectivity index (χ0v) is 12.4. The van der Waals surface area contributed by atoms with E-state index in [9.17, 15) is 0 Å². The van der Waals surface area contributed by atoms with Crippen LogP contribution < -0.4 is 0 Å². The van der Waals surface area contributed by atoms with E-state index in [2.05, 4.69) is 18.0 Å². The van der Waals surface area contributed by atoms with E-state index in [1.54, 1.807) is 6.07 Å². The molecule has 5 heteroatoms. The highest BCUT2D eigenvalue weighted by atomic mass is 35.5. The number of unbranched alkanes of at least 4 members (excludes halogenated alkanes) is 1. The molecule has 0 amide bonds. The van der Waals surface area contributed by atoms with Gasteiger partial charge < -0.3 is 9.30 Å². The quantitative estimate of drug-likeness (QED) is 0.580. The molecule has 0 unspecified atom stereocenters. The lowest BCUT2D eigenvalue weighted by molar-refractivity contribution is 0.124. The molecular formula is C15H18ClN3O. The van der Waals surface area contributed by atoms with Crippen molar-refractivity contribution in [3.63, 3.8) is 0 Å². The molecule has 0 saturated carbocycles. The summed E-state index contributed by atoms with van der Waals surface area (Å²) in [4.78, 5) is 4.47. The van der Waals surface area contributed by atoms with Gasteiger partial charge in [0.05, 0.1) is 23.6 Å². The molecule has 0 atom stereocenters. The van der Waals surface area contributed by atoms with Gasteiger partial charge in [-0.1, -0.05) is 19.4 Å². The molecule has 0 N–H and O–H groups in total. The molecular weight excluding hydrogens is 274 g/mol. The smallest absolute Gasteiger partial charge is 0.124 e. The lowest BCUT2D eigenvalue weighted by atomic mass is 10.2. The van der Waals surface area contributed by atoms with E-state index in [1.165, 1.54) is 0 Å². The summed E-state index contributed by atoms with van der Waals surface area (Å²) in [6.45, 7) is 4.26. The first kappa shape index (κ1) is 14.8. The zero-order valence-electron chi connectivity index (χ0n) is 11.6. The molecule has 0 bridgehead atoms. The first-order valence-electron chi connectivity index (χ1n) is 6.83. The van der Waals surface area contributed by atoms with Gasteiger partial charge in [0.15, 0.2) is 0 Å². The highest BCUT2D eigenvalue weighted by Gasteiger charge is 2.12. The number of rotatable bonds is 7. The maximum Gasteiger partial charge on any atom is 0.124 e. The number of aromatic nitrogens is 2. The molecule has 0 fully saturated rings. The van der Waals surface area contributed by atoms with Gasteiger partial charge in [-0.3, -0.25) is 0 Å². The fourth-order valence-corrected chi connectivity index (χ4v) is 2.35. The number of nitrogens with zero attached hydrogens (tertiary/aromatic N) is 3. The fourth-order valence-electron chi connectivity index (χ4n) is 2.14. The van der Waals surface area contributed by atoms with Crippen LogP contribution in [0.1, 0.15) is 31.2 Å². The van der Waals surface area contributed by atoms with E-state index in [-0.39, 0.29) is 0 Å². The Balaban J connectivity index is 2.21. The van der Waals surface area contributed by atoms with Crippen molar-refractivity contribution in [3.8, 4) is 6.07 Å². The van der Waals surface area contributed by atoms with Crippen molar-refractivity contribution in [1.29, 1.82) is 5.26 Å². The van der Waals surface area contributed by atoms with E-state index in [4.69, 9.17) is 21.6 Å². The summed E-state index contributed by atoms with van der Waals surface area (Å²) in [7, 11) is 0. The van der Waals surface area contributed by atoms with Crippen molar-refractivity contribution in [3.05, 3.63) is 29.6 Å². The molecule has 2 aromatic rings. The minimum atomic E-state index is 0.328. The number of hydrogen-bond acceptors (Lipinski definition) is 3. The van der Waals surface area contributed by atoms with Crippen LogP contribution in [0.2, 0.25) is 0 Å². The van der Waals surface area contributed by atoms with Gasteiger partial charge in [0.2, 0.25) is 0 Å². The predicted molar refractivity (Wildman–Crippen MR) is 79.7 cm³/mol. The molecule has 1 aromatic carbocycles. The lowest BCUT2D eigenvalue weighted by Gasteiger charge is -2.08. The number of ether oxygens (including phenoxy) is 1. The molecule has 1 heterocycles. The van der Waals surface area contributed by atoms with Crippen LogP contribution >= 0.6 is 11.6 Å². The summed E-state index contributed by atoms with van der Waals surface area (Å²) in [5, 5.41) is 9.12. The van der Waals surface area contributed by atoms with Gasteiger partial charge in [-0.15, -0.1) is 11.6 Å². The van der Waals surface area contributed by atoms with Crippen LogP contribution in [0, 0.1) is 11.3 Å². The van der Waals surface area contributed by atoms with Crippen LogP contribution in [0.4, 0.5) is 0 Å². The molecule has 2 rings (SSSR count). The second-order valence-corrected chi connectivity index (χ2v) is 4.83. The Bertz CT molecular complexity index is 615. The number of para-hydroxylation sites is 1. The van der Waals surface area contributed by atoms with Crippen molar-refractivity contribution in [2.75, 3.05) is 13.2 Å². The molecule has 4 nitrogen and oxygen atoms in total. The highest BCUT2D eigenvalue weighted by molar-refractivity contribution is 6.16. The van der Waals surface area contributed by atoms with Crippen LogP contribution in [-0.4, -0.2) is 22.8 Å². The SMILES string of the molecule is CCCCOCCn1c(CCl)nc2c(C#N)cccc21. The van der Waals surface area contributed by atoms with Crippen molar-refractivity contribution in [2.45, 2.75) is 32.2 Å². The van der Waals surface area contributed by atoms with E-state index >= 15 is 0 Å². The molecule has 0 radical (unpaired) electrons. The van der Waals surface area contributed by atoms with E-state index in [0.717, 1.165) is 36.3 Å². The number of hydrogen-bond donors (Lipinski definition) is 0. The first-order chi connectivity index (χ1) is 9.81. The Labute approximate surface area is 123 Å². The van der Waals surface area contributed by atoms with Gasteiger partial charge in [-0.2, -0.15) is 5.26 Å². The van der Waals surface area contributed by atoms with Crippen molar-refractivity contribution in [1.82, 2.24) is 9.55 Å². The van der Waals surface area contributed by atoms with Crippen LogP contribution in [0.5, 0.6) is 0 Å². The summed E-state index contributed by atoms with van der Waals surface area (Å²) in [6.07, 6.45) is 2.21. The second-order valence-electron chi connectivity index (χ2n) is 4.56. The highest BCUT2D eigenvalue weighted by Crippen LogP contribution is 2.20. The topological polar surface area (TPSA) is 50.8 Å². The second kappa shape index (κ2) is 7.28. The predicted octanol–water partition coefficient (Wildman–Crippen LogP) is 3.46. The fraction of sp³-hybridized carbons (Fsp3) is 0.467. The molecule has 0 spiro atoms. The summed E-state index contributed by atoms with van der Waals surface area (Å²) >= 11 is 5.95. The Morgan fingerprint density at radius 3 is 2.95 bits per heavy atom. The molecule has 0 aliphatic rings. The number of halogens is 1. The Morgan fingerprint density at radius 1 is 1.40 bits per heavy atom. The van der Waals surface area contributed by atoms with Crippen molar-refractivity contribution in [2.24, 2.45) is 0 Å². The third kappa shape index (κ3) is 3.12. The van der Waals surface area contributed by atoms with E-state index in [1.807, 2.05) is 16.7 Å². The molecule has 20 heavy (non-hydrogen) atoms. The summed E-state index contributed by atoms with van der Waals surface area (Å²) < 4.78 is 7.63. The van der Waals surface area contributed by atoms with Gasteiger partial charge in [0, 0.05) is 13.2 Å². The third-order valence-electron chi connectivity index (χ3n) is 3.20. The van der Waals surface area contributed by atoms with Gasteiger partial charge in [-0.05, 0) is 18.6 Å². The number of alkyl halides is 1. The maximum atomic E-state index is 9.12. The van der Waals surface area contributed by atoms with Crippen LogP contribution in [0.25, 0.3) is 11.0 Å².